The molecule has 0 saturated carbocycles. The van der Waals surface area contributed by atoms with Crippen LogP contribution >= 0.6 is 7.60 Å². The molecule has 11 nitrogen and oxygen atoms in total. The van der Waals surface area contributed by atoms with Crippen LogP contribution in [0.25, 0.3) is 0 Å². The van der Waals surface area contributed by atoms with Crippen LogP contribution in [0.4, 0.5) is 5.69 Å². The number of esters is 1. The van der Waals surface area contributed by atoms with Crippen molar-refractivity contribution in [3.63, 3.8) is 0 Å². The van der Waals surface area contributed by atoms with Gasteiger partial charge < -0.3 is 31.9 Å². The second kappa shape index (κ2) is 10.7. The topological polar surface area (TPSA) is 201 Å². The summed E-state index contributed by atoms with van der Waals surface area (Å²) in [6.45, 7) is -0.749. The number of carboxylic acids is 1. The van der Waals surface area contributed by atoms with Crippen molar-refractivity contribution >= 4 is 31.2 Å². The van der Waals surface area contributed by atoms with Crippen LogP contribution in [0.3, 0.4) is 0 Å². The lowest BCUT2D eigenvalue weighted by molar-refractivity contribution is -0.148. The average Bonchev–Trinajstić information content (AvgIpc) is 2.71. The lowest BCUT2D eigenvalue weighted by Gasteiger charge is -2.23. The van der Waals surface area contributed by atoms with E-state index in [1.807, 2.05) is 0 Å². The highest BCUT2D eigenvalue weighted by Gasteiger charge is 2.42. The number of hydrogen-bond donors (Lipinski definition) is 5. The maximum Gasteiger partial charge on any atom is 0.344 e. The fourth-order valence-corrected chi connectivity index (χ4v) is 3.84. The van der Waals surface area contributed by atoms with Gasteiger partial charge in [-0.05, 0) is 23.3 Å². The van der Waals surface area contributed by atoms with Gasteiger partial charge in [0.25, 0.3) is 0 Å². The molecule has 2 aromatic carbocycles. The van der Waals surface area contributed by atoms with Crippen molar-refractivity contribution in [2.24, 2.45) is 22.2 Å². The predicted molar refractivity (Wildman–Crippen MR) is 112 cm³/mol. The molecular formula is C19H23N4O7P. The molecule has 0 radical (unpaired) electrons. The van der Waals surface area contributed by atoms with E-state index < -0.39 is 37.8 Å². The molecule has 0 spiro atoms. The smallest absolute Gasteiger partial charge is 0.344 e. The number of aliphatic imine (C=N–C) groups is 1. The monoisotopic (exact) mass is 450 g/mol. The molecule has 12 heteroatoms. The molecule has 3 unspecified atom stereocenters. The van der Waals surface area contributed by atoms with Crippen LogP contribution in [-0.2, 0) is 30.0 Å². The van der Waals surface area contributed by atoms with Gasteiger partial charge >= 0.3 is 19.5 Å². The molecule has 0 fully saturated rings. The Balaban J connectivity index is 2.20. The van der Waals surface area contributed by atoms with E-state index in [1.54, 1.807) is 30.3 Å². The summed E-state index contributed by atoms with van der Waals surface area (Å²) < 4.78 is 22.8. The first kappa shape index (κ1) is 24.0. The van der Waals surface area contributed by atoms with Crippen molar-refractivity contribution in [3.8, 4) is 0 Å². The Labute approximate surface area is 178 Å². The summed E-state index contributed by atoms with van der Waals surface area (Å²) in [6.07, 6.45) is -1.89. The number of nitrogens with zero attached hydrogens (tertiary/aromatic N) is 1. The van der Waals surface area contributed by atoms with Crippen LogP contribution in [0.2, 0.25) is 0 Å². The molecule has 31 heavy (non-hydrogen) atoms. The van der Waals surface area contributed by atoms with Crippen molar-refractivity contribution in [1.29, 1.82) is 0 Å². The quantitative estimate of drug-likeness (QED) is 0.150. The van der Waals surface area contributed by atoms with Gasteiger partial charge in [-0.15, -0.1) is 0 Å². The zero-order valence-electron chi connectivity index (χ0n) is 16.3. The summed E-state index contributed by atoms with van der Waals surface area (Å²) in [5.74, 6) is -2.91. The molecule has 0 heterocycles. The van der Waals surface area contributed by atoms with Crippen molar-refractivity contribution in [2.45, 2.75) is 18.4 Å². The third kappa shape index (κ3) is 6.90. The molecule has 2 rings (SSSR count). The van der Waals surface area contributed by atoms with Crippen molar-refractivity contribution in [2.75, 3.05) is 6.54 Å². The van der Waals surface area contributed by atoms with E-state index in [0.29, 0.717) is 5.56 Å². The highest BCUT2D eigenvalue weighted by molar-refractivity contribution is 7.54. The lowest BCUT2D eigenvalue weighted by Crippen LogP contribution is -2.33. The molecule has 0 saturated heterocycles. The Hall–Kier alpha value is -3.24. The minimum atomic E-state index is -4.86. The van der Waals surface area contributed by atoms with Gasteiger partial charge in [-0.1, -0.05) is 42.5 Å². The molecule has 0 aliphatic carbocycles. The van der Waals surface area contributed by atoms with Gasteiger partial charge in [-0.2, -0.15) is 0 Å². The van der Waals surface area contributed by atoms with Gasteiger partial charge in [0.2, 0.25) is 0 Å². The molecule has 0 aromatic heterocycles. The molecule has 166 valence electrons. The molecule has 0 bridgehead atoms. The lowest BCUT2D eigenvalue weighted by atomic mass is 10.1. The van der Waals surface area contributed by atoms with E-state index >= 15 is 0 Å². The van der Waals surface area contributed by atoms with Gasteiger partial charge in [0.1, 0.15) is 6.61 Å². The molecule has 3 atom stereocenters. The first-order valence-corrected chi connectivity index (χ1v) is 10.6. The van der Waals surface area contributed by atoms with Gasteiger partial charge in [0.05, 0.1) is 5.69 Å². The number of ether oxygens (including phenoxy) is 1. The van der Waals surface area contributed by atoms with Crippen molar-refractivity contribution in [1.82, 2.24) is 0 Å². The normalized spacial score (nSPS) is 14.6. The number of nitrogens with two attached hydrogens (primary N) is 3. The number of rotatable bonds is 10. The predicted octanol–water partition coefficient (Wildman–Crippen LogP) is 0.990. The Kier molecular flexibility index (Phi) is 8.29. The molecule has 2 aromatic rings. The minimum Gasteiger partial charge on any atom is -0.479 e. The second-order valence-electron chi connectivity index (χ2n) is 6.36. The van der Waals surface area contributed by atoms with Crippen LogP contribution in [0.15, 0.2) is 59.6 Å². The third-order valence-corrected chi connectivity index (χ3v) is 5.75. The van der Waals surface area contributed by atoms with E-state index in [4.69, 9.17) is 26.5 Å². The maximum absolute atomic E-state index is 12.8. The van der Waals surface area contributed by atoms with Crippen LogP contribution in [0.5, 0.6) is 0 Å². The fraction of sp³-hybridized carbons (Fsp3) is 0.211. The molecule has 0 aliphatic rings. The van der Waals surface area contributed by atoms with Gasteiger partial charge in [-0.25, -0.2) is 9.79 Å². The Morgan fingerprint density at radius 2 is 1.77 bits per heavy atom. The number of carbonyl (C=O) groups is 2. The minimum absolute atomic E-state index is 0.0160. The highest BCUT2D eigenvalue weighted by Crippen LogP contribution is 2.51. The van der Waals surface area contributed by atoms with E-state index in [9.17, 15) is 24.2 Å². The fourth-order valence-electron chi connectivity index (χ4n) is 2.57. The van der Waals surface area contributed by atoms with Crippen molar-refractivity contribution < 1.29 is 33.4 Å². The summed E-state index contributed by atoms with van der Waals surface area (Å²) >= 11 is 0. The Morgan fingerprint density at radius 1 is 1.10 bits per heavy atom. The molecule has 0 aliphatic heterocycles. The van der Waals surface area contributed by atoms with E-state index in [0.717, 1.165) is 0 Å². The number of aliphatic carboxylic acids is 1. The van der Waals surface area contributed by atoms with E-state index in [-0.39, 0.29) is 23.8 Å². The SMILES string of the molecule is NCC(C(=O)OCc1ccccc1)P(=O)(O)OC(C(=O)O)c1cccc(N=C(N)N)c1. The van der Waals surface area contributed by atoms with Gasteiger partial charge in [0, 0.05) is 6.54 Å². The molecule has 8 N–H and O–H groups in total. The largest absolute Gasteiger partial charge is 0.479 e. The number of benzene rings is 2. The molecular weight excluding hydrogens is 427 g/mol. The van der Waals surface area contributed by atoms with Gasteiger partial charge in [0.15, 0.2) is 17.7 Å². The van der Waals surface area contributed by atoms with Crippen LogP contribution in [-0.4, -0.2) is 40.1 Å². The number of guanidine groups is 1. The summed E-state index contributed by atoms with van der Waals surface area (Å²) in [6, 6.07) is 14.2. The summed E-state index contributed by atoms with van der Waals surface area (Å²) in [5, 5.41) is 9.52. The first-order chi connectivity index (χ1) is 14.6. The Morgan fingerprint density at radius 3 is 2.35 bits per heavy atom. The zero-order valence-corrected chi connectivity index (χ0v) is 17.2. The molecule has 0 amide bonds. The number of carbonyl (C=O) groups excluding carboxylic acids is 1. The van der Waals surface area contributed by atoms with E-state index in [1.165, 1.54) is 24.3 Å². The summed E-state index contributed by atoms with van der Waals surface area (Å²) in [4.78, 5) is 38.2. The number of carboxylic acid groups (broad SMARTS) is 1. The second-order valence-corrected chi connectivity index (χ2v) is 8.33. The van der Waals surface area contributed by atoms with Gasteiger partial charge in [-0.3, -0.25) is 13.9 Å². The maximum atomic E-state index is 12.8. The van der Waals surface area contributed by atoms with Crippen LogP contribution < -0.4 is 17.2 Å². The summed E-state index contributed by atoms with van der Waals surface area (Å²) in [5.41, 5.74) is 15.2. The van der Waals surface area contributed by atoms with Crippen LogP contribution in [0.1, 0.15) is 17.2 Å². The zero-order chi connectivity index (χ0) is 23.0. The summed E-state index contributed by atoms with van der Waals surface area (Å²) in [7, 11) is -4.86. The number of hydrogen-bond acceptors (Lipinski definition) is 7. The highest BCUT2D eigenvalue weighted by atomic mass is 31.2. The average molecular weight is 450 g/mol. The van der Waals surface area contributed by atoms with Crippen LogP contribution in [0, 0.1) is 0 Å². The first-order valence-electron chi connectivity index (χ1n) is 8.98. The standard InChI is InChI=1S/C19H23N4O7P/c20-10-15(18(26)29-11-12-5-2-1-3-6-12)31(27,28)30-16(17(24)25)13-7-4-8-14(9-13)23-19(21)22/h1-9,15-16H,10-11,20H2,(H,24,25)(H,27,28)(H4,21,22,23). The van der Waals surface area contributed by atoms with Crippen molar-refractivity contribution in [3.05, 3.63) is 65.7 Å². The Bertz CT molecular complexity index is 996. The van der Waals surface area contributed by atoms with E-state index in [2.05, 4.69) is 4.99 Å². The third-order valence-electron chi connectivity index (χ3n) is 4.03.